The Labute approximate surface area is 385 Å². The highest BCUT2D eigenvalue weighted by Gasteiger charge is 2.76. The van der Waals surface area contributed by atoms with Gasteiger partial charge in [0.15, 0.2) is 5.78 Å². The number of esters is 1. The second-order valence-corrected chi connectivity index (χ2v) is 23.7. The van der Waals surface area contributed by atoms with Gasteiger partial charge in [0.1, 0.15) is 5.78 Å². The van der Waals surface area contributed by atoms with Gasteiger partial charge in [-0.15, -0.1) is 5.92 Å². The molecule has 20 unspecified atom stereocenters. The Bertz CT molecular complexity index is 2190. The van der Waals surface area contributed by atoms with Crippen LogP contribution in [0.2, 0.25) is 0 Å². The van der Waals surface area contributed by atoms with Crippen LogP contribution in [0.3, 0.4) is 0 Å². The molecule has 9 aliphatic rings. The maximum Gasteiger partial charge on any atom is 0.313 e. The van der Waals surface area contributed by atoms with E-state index in [2.05, 4.69) is 49.0 Å². The van der Waals surface area contributed by atoms with Gasteiger partial charge in [-0.05, 0) is 161 Å². The summed E-state index contributed by atoms with van der Waals surface area (Å²) in [5.41, 5.74) is -1.60. The number of allylic oxidation sites excluding steroid dienone is 3. The van der Waals surface area contributed by atoms with Gasteiger partial charge in [0.25, 0.3) is 0 Å². The number of Topliss-reactive ketones (excluding diaryl/α,β-unsaturated/α-hetero) is 2. The van der Waals surface area contributed by atoms with E-state index in [0.717, 1.165) is 44.1 Å². The topological polar surface area (TPSA) is 189 Å². The molecule has 0 aromatic carbocycles. The van der Waals surface area contributed by atoms with Crippen LogP contribution < -0.4 is 5.32 Å². The Morgan fingerprint density at radius 1 is 0.969 bits per heavy atom. The molecule has 1 aromatic rings. The number of nitrogens with one attached hydrogen (secondary N) is 2. The van der Waals surface area contributed by atoms with Gasteiger partial charge in [-0.25, -0.2) is 0 Å². The monoisotopic (exact) mass is 895 g/mol. The van der Waals surface area contributed by atoms with E-state index in [9.17, 15) is 35.1 Å². The highest BCUT2D eigenvalue weighted by atomic mass is 16.5. The van der Waals surface area contributed by atoms with Crippen LogP contribution in [0.25, 0.3) is 0 Å². The molecule has 2 bridgehead atoms. The molecular formula is C54H74N2O9. The van der Waals surface area contributed by atoms with Crippen molar-refractivity contribution in [2.75, 3.05) is 13.2 Å². The van der Waals surface area contributed by atoms with Gasteiger partial charge >= 0.3 is 5.97 Å². The first-order valence-corrected chi connectivity index (χ1v) is 25.4. The van der Waals surface area contributed by atoms with Gasteiger partial charge in [-0.3, -0.25) is 14.4 Å². The smallest absolute Gasteiger partial charge is 0.313 e. The molecule has 1 aromatic heterocycles. The lowest BCUT2D eigenvalue weighted by Crippen LogP contribution is -2.68. The van der Waals surface area contributed by atoms with Gasteiger partial charge in [0.2, 0.25) is 0 Å². The summed E-state index contributed by atoms with van der Waals surface area (Å²) < 4.78 is 5.90. The van der Waals surface area contributed by atoms with Crippen LogP contribution in [0, 0.1) is 93.7 Å². The molecule has 1 aliphatic heterocycles. The van der Waals surface area contributed by atoms with Crippen LogP contribution in [0.1, 0.15) is 136 Å². The number of H-pyrrole nitrogens is 1. The number of fused-ring (bicyclic) bond motifs is 10. The molecule has 0 amide bonds. The Balaban J connectivity index is 1.12. The zero-order valence-corrected chi connectivity index (χ0v) is 39.2. The highest BCUT2D eigenvalue weighted by Crippen LogP contribution is 2.75. The van der Waals surface area contributed by atoms with Crippen molar-refractivity contribution in [1.82, 2.24) is 10.3 Å². The number of aliphatic hydroxyl groups excluding tert-OH is 3. The SMILES string of the molecule is CC(=O)CNC1=C2C(C3CCCC4(C3)C3C(CC#CC(C5COC(=O)C5c5cc[nH]c5)CC5C6CC(C)CCC6=CCC5C(C)CC(O)C3(C)O)CC24O)C2(C)CC(O)C(O)CC2C1=O. The summed E-state index contributed by atoms with van der Waals surface area (Å²) in [6, 6.07) is 1.97. The molecule has 10 rings (SSSR count). The second-order valence-electron chi connectivity index (χ2n) is 23.7. The van der Waals surface area contributed by atoms with Crippen molar-refractivity contribution in [1.29, 1.82) is 0 Å². The molecular weight excluding hydrogens is 821 g/mol. The standard InChI is InChI=1S/C54H74N2O9/c1-28-11-12-31-13-14-36-29(2)19-43(60)52(5,63)49-34(9-6-8-32(20-38(36)37(31)18-28)39-27-65-50(62)44(39)35-15-17-55-26-35)23-54(64)46-45(33-10-7-16-53(49,54)22-33)51(4)24-42(59)41(58)21-40(51)48(61)47(46)56-25-30(3)57/h13,15,17,26,28-29,32-34,36-45,49,55-56,58-60,63-64H,7,9-12,14,16,18-25,27H2,1-5H3. The fourth-order valence-electron chi connectivity index (χ4n) is 17.4. The first-order valence-electron chi connectivity index (χ1n) is 25.4. The van der Waals surface area contributed by atoms with E-state index in [-0.39, 0.29) is 96.4 Å². The van der Waals surface area contributed by atoms with Crippen LogP contribution in [0.5, 0.6) is 0 Å². The molecule has 6 fully saturated rings. The maximum atomic E-state index is 15.0. The largest absolute Gasteiger partial charge is 0.465 e. The molecule has 1 spiro atoms. The van der Waals surface area contributed by atoms with Crippen LogP contribution in [-0.4, -0.2) is 90.7 Å². The van der Waals surface area contributed by atoms with Crippen molar-refractivity contribution in [3.8, 4) is 11.8 Å². The first kappa shape index (κ1) is 45.5. The molecule has 0 radical (unpaired) electrons. The van der Waals surface area contributed by atoms with Gasteiger partial charge < -0.3 is 40.6 Å². The lowest BCUT2D eigenvalue weighted by molar-refractivity contribution is -0.210. The van der Waals surface area contributed by atoms with Crippen molar-refractivity contribution in [2.45, 2.75) is 160 Å². The zero-order chi connectivity index (χ0) is 46.0. The molecule has 7 N–H and O–H groups in total. The molecule has 5 saturated carbocycles. The molecule has 1 saturated heterocycles. The van der Waals surface area contributed by atoms with Crippen LogP contribution >= 0.6 is 0 Å². The quantitative estimate of drug-likeness (QED) is 0.103. The van der Waals surface area contributed by atoms with Crippen molar-refractivity contribution >= 4 is 17.5 Å². The Kier molecular flexibility index (Phi) is 11.5. The molecule has 8 aliphatic carbocycles. The molecule has 11 nitrogen and oxygen atoms in total. The summed E-state index contributed by atoms with van der Waals surface area (Å²) >= 11 is 0. The predicted octanol–water partition coefficient (Wildman–Crippen LogP) is 6.15. The summed E-state index contributed by atoms with van der Waals surface area (Å²) in [6.07, 6.45) is 12.2. The maximum absolute atomic E-state index is 15.0. The number of aromatic amines is 1. The van der Waals surface area contributed by atoms with E-state index < -0.39 is 58.1 Å². The molecule has 2 heterocycles. The van der Waals surface area contributed by atoms with Gasteiger partial charge in [-0.1, -0.05) is 44.8 Å². The third-order valence-electron chi connectivity index (χ3n) is 20.1. The van der Waals surface area contributed by atoms with Crippen molar-refractivity contribution in [2.24, 2.45) is 81.8 Å². The number of rotatable bonds is 5. The van der Waals surface area contributed by atoms with Gasteiger partial charge in [0, 0.05) is 47.9 Å². The average Bonchev–Trinajstić information content (AvgIpc) is 3.97. The number of aliphatic hydroxyl groups is 5. The molecule has 11 heteroatoms. The van der Waals surface area contributed by atoms with Crippen molar-refractivity contribution in [3.63, 3.8) is 0 Å². The lowest BCUT2D eigenvalue weighted by Gasteiger charge is -2.66. The predicted molar refractivity (Wildman–Crippen MR) is 243 cm³/mol. The van der Waals surface area contributed by atoms with Crippen LogP contribution in [0.4, 0.5) is 0 Å². The summed E-state index contributed by atoms with van der Waals surface area (Å²) in [6.45, 7) is 10.1. The number of ether oxygens (including phenoxy) is 1. The highest BCUT2D eigenvalue weighted by molar-refractivity contribution is 6.00. The van der Waals surface area contributed by atoms with E-state index >= 15 is 4.79 Å². The van der Waals surface area contributed by atoms with Crippen molar-refractivity contribution in [3.05, 3.63) is 46.9 Å². The Morgan fingerprint density at radius 2 is 1.77 bits per heavy atom. The average molecular weight is 895 g/mol. The Hall–Kier alpha value is -3.27. The van der Waals surface area contributed by atoms with E-state index in [1.165, 1.54) is 13.3 Å². The summed E-state index contributed by atoms with van der Waals surface area (Å²) in [5.74, 6) is 5.78. The summed E-state index contributed by atoms with van der Waals surface area (Å²) in [4.78, 5) is 44.4. The number of cyclic esters (lactones) is 1. The zero-order valence-electron chi connectivity index (χ0n) is 39.2. The number of ketones is 2. The van der Waals surface area contributed by atoms with Crippen molar-refractivity contribution < 1.29 is 44.7 Å². The third-order valence-corrected chi connectivity index (χ3v) is 20.1. The van der Waals surface area contributed by atoms with E-state index in [1.54, 1.807) is 12.5 Å². The van der Waals surface area contributed by atoms with Gasteiger partial charge in [0.05, 0.1) is 54.3 Å². The van der Waals surface area contributed by atoms with Crippen LogP contribution in [0.15, 0.2) is 41.4 Å². The van der Waals surface area contributed by atoms with E-state index in [1.807, 2.05) is 18.5 Å². The van der Waals surface area contributed by atoms with Crippen LogP contribution in [-0.2, 0) is 19.1 Å². The van der Waals surface area contributed by atoms with E-state index in [4.69, 9.17) is 4.74 Å². The number of carbonyl (C=O) groups excluding carboxylic acids is 3. The van der Waals surface area contributed by atoms with Gasteiger partial charge in [-0.2, -0.15) is 0 Å². The molecule has 20 atom stereocenters. The minimum atomic E-state index is -1.63. The molecule has 354 valence electrons. The lowest BCUT2D eigenvalue weighted by atomic mass is 9.39. The second kappa shape index (κ2) is 16.5. The fraction of sp³-hybridized carbons (Fsp3) is 0.759. The number of aromatic nitrogens is 1. The number of hydrogen-bond donors (Lipinski definition) is 7. The third kappa shape index (κ3) is 7.02. The first-order chi connectivity index (χ1) is 30.9. The summed E-state index contributed by atoms with van der Waals surface area (Å²) in [5, 5.41) is 65.7. The molecule has 65 heavy (non-hydrogen) atoms. The minimum Gasteiger partial charge on any atom is -0.465 e. The number of carbonyl (C=O) groups is 3. The normalized spacial score (nSPS) is 49.4. The Morgan fingerprint density at radius 3 is 2.52 bits per heavy atom. The number of hydrogen-bond acceptors (Lipinski definition) is 10. The van der Waals surface area contributed by atoms with E-state index in [0.29, 0.717) is 49.7 Å². The minimum absolute atomic E-state index is 0.00556. The summed E-state index contributed by atoms with van der Waals surface area (Å²) in [7, 11) is 0. The fourth-order valence-corrected chi connectivity index (χ4v) is 17.4.